The van der Waals surface area contributed by atoms with Gasteiger partial charge in [0.25, 0.3) is 0 Å². The monoisotopic (exact) mass is 327 g/mol. The molecule has 2 aliphatic rings. The molecule has 0 saturated carbocycles. The molecule has 0 bridgehead atoms. The van der Waals surface area contributed by atoms with Gasteiger partial charge in [-0.1, -0.05) is 0 Å². The topological polar surface area (TPSA) is 88.4 Å². The third-order valence-electron chi connectivity index (χ3n) is 4.51. The van der Waals surface area contributed by atoms with Crippen LogP contribution < -0.4 is 0 Å². The summed E-state index contributed by atoms with van der Waals surface area (Å²) in [5.74, 6) is 0.0742. The van der Waals surface area contributed by atoms with E-state index in [9.17, 15) is 13.2 Å². The van der Waals surface area contributed by atoms with Crippen LogP contribution in [0, 0.1) is 5.92 Å². The molecule has 2 aliphatic heterocycles. The van der Waals surface area contributed by atoms with Gasteiger partial charge in [-0.3, -0.25) is 4.79 Å². The molecule has 22 heavy (non-hydrogen) atoms. The van der Waals surface area contributed by atoms with E-state index in [4.69, 9.17) is 0 Å². The van der Waals surface area contributed by atoms with E-state index in [2.05, 4.69) is 10.2 Å². The summed E-state index contributed by atoms with van der Waals surface area (Å²) in [4.78, 5) is 16.1. The average Bonchev–Trinajstić information content (AvgIpc) is 3.16. The van der Waals surface area contributed by atoms with Crippen molar-refractivity contribution in [3.8, 4) is 0 Å². The molecule has 9 heteroatoms. The van der Waals surface area contributed by atoms with Crippen LogP contribution in [0.2, 0.25) is 0 Å². The fraction of sp³-hybridized carbons (Fsp3) is 0.769. The van der Waals surface area contributed by atoms with E-state index in [0.29, 0.717) is 32.5 Å². The van der Waals surface area contributed by atoms with Gasteiger partial charge in [0.1, 0.15) is 0 Å². The molecule has 1 unspecified atom stereocenters. The van der Waals surface area contributed by atoms with E-state index in [1.165, 1.54) is 10.6 Å². The van der Waals surface area contributed by atoms with Gasteiger partial charge in [0.05, 0.1) is 24.7 Å². The van der Waals surface area contributed by atoms with Crippen LogP contribution in [-0.4, -0.2) is 71.0 Å². The SMILES string of the molecule is CS(=O)(=O)N1CCC(C(=O)N2CCC(n3nccn3)C2)CC1. The molecular formula is C13H21N5O3S. The molecule has 1 aromatic heterocycles. The molecule has 0 spiro atoms. The minimum absolute atomic E-state index is 0.0673. The lowest BCUT2D eigenvalue weighted by Crippen LogP contribution is -2.43. The molecule has 1 aromatic rings. The first-order chi connectivity index (χ1) is 10.4. The number of hydrogen-bond acceptors (Lipinski definition) is 5. The molecule has 1 amide bonds. The maximum absolute atomic E-state index is 12.6. The second kappa shape index (κ2) is 5.96. The number of likely N-dealkylation sites (tertiary alicyclic amines) is 1. The quantitative estimate of drug-likeness (QED) is 0.762. The molecule has 0 aromatic carbocycles. The van der Waals surface area contributed by atoms with Gasteiger partial charge in [-0.15, -0.1) is 0 Å². The number of sulfonamides is 1. The molecule has 3 rings (SSSR count). The molecule has 122 valence electrons. The fourth-order valence-electron chi connectivity index (χ4n) is 3.24. The van der Waals surface area contributed by atoms with Crippen molar-refractivity contribution < 1.29 is 13.2 Å². The van der Waals surface area contributed by atoms with Crippen molar-refractivity contribution in [1.29, 1.82) is 0 Å². The van der Waals surface area contributed by atoms with E-state index in [0.717, 1.165) is 13.0 Å². The zero-order valence-corrected chi connectivity index (χ0v) is 13.4. The molecule has 1 atom stereocenters. The zero-order chi connectivity index (χ0) is 15.7. The van der Waals surface area contributed by atoms with Crippen LogP contribution in [0.3, 0.4) is 0 Å². The van der Waals surface area contributed by atoms with Gasteiger partial charge in [-0.25, -0.2) is 12.7 Å². The van der Waals surface area contributed by atoms with Crippen molar-refractivity contribution in [2.45, 2.75) is 25.3 Å². The highest BCUT2D eigenvalue weighted by atomic mass is 32.2. The minimum atomic E-state index is -3.14. The number of rotatable bonds is 3. The maximum Gasteiger partial charge on any atom is 0.225 e. The number of aromatic nitrogens is 3. The lowest BCUT2D eigenvalue weighted by Gasteiger charge is -2.31. The second-order valence-corrected chi connectivity index (χ2v) is 7.99. The van der Waals surface area contributed by atoms with Gasteiger partial charge in [0, 0.05) is 32.1 Å². The molecule has 0 radical (unpaired) electrons. The first-order valence-electron chi connectivity index (χ1n) is 7.55. The summed E-state index contributed by atoms with van der Waals surface area (Å²) < 4.78 is 24.5. The Bertz CT molecular complexity index is 622. The highest BCUT2D eigenvalue weighted by molar-refractivity contribution is 7.88. The molecule has 8 nitrogen and oxygen atoms in total. The summed E-state index contributed by atoms with van der Waals surface area (Å²) in [6.07, 6.45) is 6.58. The van der Waals surface area contributed by atoms with Crippen LogP contribution >= 0.6 is 0 Å². The minimum Gasteiger partial charge on any atom is -0.340 e. The third-order valence-corrected chi connectivity index (χ3v) is 5.81. The average molecular weight is 327 g/mol. The Labute approximate surface area is 130 Å². The van der Waals surface area contributed by atoms with E-state index in [1.807, 2.05) is 4.90 Å². The van der Waals surface area contributed by atoms with Gasteiger partial charge < -0.3 is 4.90 Å². The Kier molecular flexibility index (Phi) is 4.18. The van der Waals surface area contributed by atoms with Crippen molar-refractivity contribution in [3.05, 3.63) is 12.4 Å². The van der Waals surface area contributed by atoms with Crippen molar-refractivity contribution >= 4 is 15.9 Å². The summed E-state index contributed by atoms with van der Waals surface area (Å²) in [5, 5.41) is 8.27. The summed E-state index contributed by atoms with van der Waals surface area (Å²) in [6.45, 7) is 2.23. The van der Waals surface area contributed by atoms with Gasteiger partial charge >= 0.3 is 0 Å². The van der Waals surface area contributed by atoms with Crippen molar-refractivity contribution in [3.63, 3.8) is 0 Å². The van der Waals surface area contributed by atoms with Crippen LogP contribution in [0.4, 0.5) is 0 Å². The Morgan fingerprint density at radius 1 is 1.09 bits per heavy atom. The number of carbonyl (C=O) groups excluding carboxylic acids is 1. The lowest BCUT2D eigenvalue weighted by atomic mass is 9.97. The largest absolute Gasteiger partial charge is 0.340 e. The van der Waals surface area contributed by atoms with Gasteiger partial charge in [-0.2, -0.15) is 15.0 Å². The Morgan fingerprint density at radius 2 is 1.73 bits per heavy atom. The lowest BCUT2D eigenvalue weighted by molar-refractivity contribution is -0.135. The van der Waals surface area contributed by atoms with Crippen molar-refractivity contribution in [2.24, 2.45) is 5.92 Å². The zero-order valence-electron chi connectivity index (χ0n) is 12.6. The van der Waals surface area contributed by atoms with E-state index >= 15 is 0 Å². The standard InChI is InChI=1S/C13H21N5O3S/c1-22(20,21)17-8-2-11(3-9-17)13(19)16-7-4-12(10-16)18-14-5-6-15-18/h5-6,11-12H,2-4,7-10H2,1H3. The maximum atomic E-state index is 12.6. The fourth-order valence-corrected chi connectivity index (χ4v) is 4.11. The molecule has 0 aliphatic carbocycles. The van der Waals surface area contributed by atoms with E-state index < -0.39 is 10.0 Å². The Morgan fingerprint density at radius 3 is 2.32 bits per heavy atom. The predicted molar refractivity (Wildman–Crippen MR) is 79.4 cm³/mol. The normalized spacial score (nSPS) is 24.8. The van der Waals surface area contributed by atoms with Crippen molar-refractivity contribution in [2.75, 3.05) is 32.4 Å². The first kappa shape index (κ1) is 15.4. The summed E-state index contributed by atoms with van der Waals surface area (Å²) >= 11 is 0. The third kappa shape index (κ3) is 3.14. The van der Waals surface area contributed by atoms with Crippen molar-refractivity contribution in [1.82, 2.24) is 24.2 Å². The smallest absolute Gasteiger partial charge is 0.225 e. The summed E-state index contributed by atoms with van der Waals surface area (Å²) in [6, 6.07) is 0.148. The molecular weight excluding hydrogens is 306 g/mol. The number of nitrogens with zero attached hydrogens (tertiary/aromatic N) is 5. The predicted octanol–water partition coefficient (Wildman–Crippen LogP) is -0.277. The number of carbonyl (C=O) groups is 1. The highest BCUT2D eigenvalue weighted by Crippen LogP contribution is 2.26. The summed E-state index contributed by atoms with van der Waals surface area (Å²) in [7, 11) is -3.14. The molecule has 2 fully saturated rings. The van der Waals surface area contributed by atoms with Crippen LogP contribution in [0.5, 0.6) is 0 Å². The van der Waals surface area contributed by atoms with Crippen LogP contribution in [0.25, 0.3) is 0 Å². The number of piperidine rings is 1. The van der Waals surface area contributed by atoms with E-state index in [-0.39, 0.29) is 17.9 Å². The highest BCUT2D eigenvalue weighted by Gasteiger charge is 2.35. The summed E-state index contributed by atoms with van der Waals surface area (Å²) in [5.41, 5.74) is 0. The molecule has 2 saturated heterocycles. The van der Waals surface area contributed by atoms with Crippen LogP contribution in [0.15, 0.2) is 12.4 Å². The first-order valence-corrected chi connectivity index (χ1v) is 9.39. The molecule has 0 N–H and O–H groups in total. The number of hydrogen-bond donors (Lipinski definition) is 0. The number of amides is 1. The van der Waals surface area contributed by atoms with Gasteiger partial charge in [0.15, 0.2) is 0 Å². The van der Waals surface area contributed by atoms with E-state index in [1.54, 1.807) is 17.2 Å². The van der Waals surface area contributed by atoms with Crippen LogP contribution in [-0.2, 0) is 14.8 Å². The Hall–Kier alpha value is -1.48. The Balaban J connectivity index is 1.55. The molecule has 3 heterocycles. The van der Waals surface area contributed by atoms with Crippen LogP contribution in [0.1, 0.15) is 25.3 Å². The second-order valence-electron chi connectivity index (χ2n) is 6.01. The van der Waals surface area contributed by atoms with Gasteiger partial charge in [0.2, 0.25) is 15.9 Å². The van der Waals surface area contributed by atoms with Gasteiger partial charge in [-0.05, 0) is 19.3 Å².